The van der Waals surface area contributed by atoms with E-state index in [1.165, 1.54) is 52.8 Å². The number of amides is 1. The minimum atomic E-state index is -3.70. The zero-order chi connectivity index (χ0) is 27.2. The molecular weight excluding hydrogens is 528 g/mol. The molecule has 1 heterocycles. The van der Waals surface area contributed by atoms with Crippen LogP contribution in [0.15, 0.2) is 88.7 Å². The van der Waals surface area contributed by atoms with E-state index in [4.69, 9.17) is 4.74 Å². The SMILES string of the molecule is CN1CCN(S(=O)(=O)c2ccc(NC(=O)COc3ccc(S(=O)(=O)NCc4ccccc4)cc3)cc2)CC1. The van der Waals surface area contributed by atoms with Crippen molar-refractivity contribution in [1.29, 1.82) is 0 Å². The zero-order valence-electron chi connectivity index (χ0n) is 20.9. The second-order valence-electron chi connectivity index (χ2n) is 8.85. The van der Waals surface area contributed by atoms with Gasteiger partial charge in [0.2, 0.25) is 20.0 Å². The van der Waals surface area contributed by atoms with E-state index in [1.807, 2.05) is 37.4 Å². The summed E-state index contributed by atoms with van der Waals surface area (Å²) in [5.41, 5.74) is 1.27. The van der Waals surface area contributed by atoms with Crippen molar-refractivity contribution in [2.45, 2.75) is 16.3 Å². The number of anilines is 1. The third-order valence-electron chi connectivity index (χ3n) is 6.05. The summed E-state index contributed by atoms with van der Waals surface area (Å²) in [6, 6.07) is 20.9. The molecule has 0 unspecified atom stereocenters. The molecule has 0 radical (unpaired) electrons. The van der Waals surface area contributed by atoms with Gasteiger partial charge >= 0.3 is 0 Å². The van der Waals surface area contributed by atoms with Crippen molar-refractivity contribution in [3.8, 4) is 5.75 Å². The standard InChI is InChI=1S/C26H30N4O6S2/c1-29-15-17-30(18-16-29)38(34,35)25-11-7-22(8-12-25)28-26(31)20-36-23-9-13-24(14-10-23)37(32,33)27-19-21-5-3-2-4-6-21/h2-14,27H,15-20H2,1H3,(H,28,31). The quantitative estimate of drug-likeness (QED) is 0.391. The van der Waals surface area contributed by atoms with E-state index in [1.54, 1.807) is 0 Å². The molecule has 12 heteroatoms. The third-order valence-corrected chi connectivity index (χ3v) is 9.38. The van der Waals surface area contributed by atoms with Gasteiger partial charge in [0.1, 0.15) is 5.75 Å². The largest absolute Gasteiger partial charge is 0.484 e. The van der Waals surface area contributed by atoms with Crippen molar-refractivity contribution >= 4 is 31.6 Å². The summed E-state index contributed by atoms with van der Waals surface area (Å²) in [6.45, 7) is 2.09. The Morgan fingerprint density at radius 1 is 0.816 bits per heavy atom. The van der Waals surface area contributed by atoms with Crippen LogP contribution in [0, 0.1) is 0 Å². The van der Waals surface area contributed by atoms with Crippen molar-refractivity contribution in [3.63, 3.8) is 0 Å². The van der Waals surface area contributed by atoms with Crippen molar-refractivity contribution in [2.75, 3.05) is 45.2 Å². The highest BCUT2D eigenvalue weighted by atomic mass is 32.2. The highest BCUT2D eigenvalue weighted by molar-refractivity contribution is 7.89. The van der Waals surface area contributed by atoms with Crippen LogP contribution in [0.25, 0.3) is 0 Å². The molecular formula is C26H30N4O6S2. The summed E-state index contributed by atoms with van der Waals surface area (Å²) < 4.78 is 60.2. The minimum absolute atomic E-state index is 0.0804. The lowest BCUT2D eigenvalue weighted by Crippen LogP contribution is -2.46. The molecule has 0 atom stereocenters. The first-order valence-electron chi connectivity index (χ1n) is 12.0. The van der Waals surface area contributed by atoms with E-state index < -0.39 is 26.0 Å². The molecule has 1 fully saturated rings. The van der Waals surface area contributed by atoms with Gasteiger partial charge in [0.25, 0.3) is 5.91 Å². The van der Waals surface area contributed by atoms with Gasteiger partial charge in [-0.15, -0.1) is 0 Å². The first kappa shape index (κ1) is 27.7. The number of ether oxygens (including phenoxy) is 1. The van der Waals surface area contributed by atoms with Gasteiger partial charge in [0.05, 0.1) is 9.79 Å². The van der Waals surface area contributed by atoms with Gasteiger partial charge < -0.3 is 15.0 Å². The summed E-state index contributed by atoms with van der Waals surface area (Å²) in [7, 11) is -5.34. The Labute approximate surface area is 223 Å². The Morgan fingerprint density at radius 2 is 1.42 bits per heavy atom. The number of carbonyl (C=O) groups is 1. The number of rotatable bonds is 10. The van der Waals surface area contributed by atoms with Crippen molar-refractivity contribution < 1.29 is 26.4 Å². The Bertz CT molecular complexity index is 1440. The number of nitrogens with zero attached hydrogens (tertiary/aromatic N) is 2. The number of hydrogen-bond acceptors (Lipinski definition) is 7. The van der Waals surface area contributed by atoms with E-state index in [-0.39, 0.29) is 22.9 Å². The molecule has 10 nitrogen and oxygen atoms in total. The van der Waals surface area contributed by atoms with E-state index in [0.717, 1.165) is 5.56 Å². The maximum atomic E-state index is 12.8. The first-order chi connectivity index (χ1) is 18.1. The molecule has 2 N–H and O–H groups in total. The lowest BCUT2D eigenvalue weighted by molar-refractivity contribution is -0.118. The number of benzene rings is 3. The number of nitrogens with one attached hydrogen (secondary N) is 2. The molecule has 1 amide bonds. The summed E-state index contributed by atoms with van der Waals surface area (Å²) in [6.07, 6.45) is 0. The third kappa shape index (κ3) is 7.17. The van der Waals surface area contributed by atoms with E-state index in [9.17, 15) is 21.6 Å². The van der Waals surface area contributed by atoms with Crippen LogP contribution >= 0.6 is 0 Å². The van der Waals surface area contributed by atoms with Gasteiger partial charge in [-0.3, -0.25) is 4.79 Å². The molecule has 1 aliphatic heterocycles. The van der Waals surface area contributed by atoms with Crippen LogP contribution in [0.5, 0.6) is 5.75 Å². The molecule has 1 saturated heterocycles. The molecule has 0 spiro atoms. The molecule has 3 aromatic carbocycles. The van der Waals surface area contributed by atoms with Gasteiger partial charge in [-0.2, -0.15) is 4.31 Å². The van der Waals surface area contributed by atoms with Crippen LogP contribution in [0.4, 0.5) is 5.69 Å². The van der Waals surface area contributed by atoms with E-state index in [2.05, 4.69) is 14.9 Å². The van der Waals surface area contributed by atoms with Gasteiger partial charge in [-0.05, 0) is 61.1 Å². The topological polar surface area (TPSA) is 125 Å². The average Bonchev–Trinajstić information content (AvgIpc) is 2.92. The Morgan fingerprint density at radius 3 is 2.05 bits per heavy atom. The van der Waals surface area contributed by atoms with Gasteiger partial charge in [0, 0.05) is 38.4 Å². The minimum Gasteiger partial charge on any atom is -0.484 e. The normalized spacial score (nSPS) is 15.2. The van der Waals surface area contributed by atoms with Gasteiger partial charge in [-0.25, -0.2) is 21.6 Å². The second-order valence-corrected chi connectivity index (χ2v) is 12.6. The molecule has 1 aliphatic rings. The van der Waals surface area contributed by atoms with E-state index in [0.29, 0.717) is 37.6 Å². The summed E-state index contributed by atoms with van der Waals surface area (Å²) >= 11 is 0. The lowest BCUT2D eigenvalue weighted by Gasteiger charge is -2.31. The van der Waals surface area contributed by atoms with Crippen LogP contribution in [0.1, 0.15) is 5.56 Å². The molecule has 0 aromatic heterocycles. The van der Waals surface area contributed by atoms with Crippen molar-refractivity contribution in [3.05, 3.63) is 84.4 Å². The summed E-state index contributed by atoms with van der Waals surface area (Å²) in [4.78, 5) is 14.6. The van der Waals surface area contributed by atoms with Crippen LogP contribution in [-0.4, -0.2) is 71.8 Å². The van der Waals surface area contributed by atoms with Crippen LogP contribution in [0.2, 0.25) is 0 Å². The maximum Gasteiger partial charge on any atom is 0.262 e. The fraction of sp³-hybridized carbons (Fsp3) is 0.269. The number of piperazine rings is 1. The molecule has 0 saturated carbocycles. The molecule has 202 valence electrons. The molecule has 0 aliphatic carbocycles. The van der Waals surface area contributed by atoms with Gasteiger partial charge in [-0.1, -0.05) is 30.3 Å². The Hall–Kier alpha value is -3.29. The predicted molar refractivity (Wildman–Crippen MR) is 144 cm³/mol. The van der Waals surface area contributed by atoms with Crippen LogP contribution < -0.4 is 14.8 Å². The number of carbonyl (C=O) groups excluding carboxylic acids is 1. The Balaban J connectivity index is 1.27. The molecule has 4 rings (SSSR count). The van der Waals surface area contributed by atoms with Crippen LogP contribution in [0.3, 0.4) is 0 Å². The lowest BCUT2D eigenvalue weighted by atomic mass is 10.2. The predicted octanol–water partition coefficient (Wildman–Crippen LogP) is 2.12. The van der Waals surface area contributed by atoms with E-state index >= 15 is 0 Å². The fourth-order valence-corrected chi connectivity index (χ4v) is 6.25. The van der Waals surface area contributed by atoms with Crippen molar-refractivity contribution in [2.24, 2.45) is 0 Å². The monoisotopic (exact) mass is 558 g/mol. The smallest absolute Gasteiger partial charge is 0.262 e. The number of sulfonamides is 2. The zero-order valence-corrected chi connectivity index (χ0v) is 22.5. The fourth-order valence-electron chi connectivity index (χ4n) is 3.81. The Kier molecular flexibility index (Phi) is 8.80. The summed E-state index contributed by atoms with van der Waals surface area (Å²) in [5.74, 6) is -0.114. The molecule has 3 aromatic rings. The number of hydrogen-bond donors (Lipinski definition) is 2. The average molecular weight is 559 g/mol. The summed E-state index contributed by atoms with van der Waals surface area (Å²) in [5, 5.41) is 2.66. The molecule has 0 bridgehead atoms. The maximum absolute atomic E-state index is 12.8. The highest BCUT2D eigenvalue weighted by Crippen LogP contribution is 2.20. The first-order valence-corrected chi connectivity index (χ1v) is 14.9. The van der Waals surface area contributed by atoms with Gasteiger partial charge in [0.15, 0.2) is 6.61 Å². The number of likely N-dealkylation sites (N-methyl/N-ethyl adjacent to an activating group) is 1. The molecule has 38 heavy (non-hydrogen) atoms. The van der Waals surface area contributed by atoms with Crippen molar-refractivity contribution in [1.82, 2.24) is 13.9 Å². The highest BCUT2D eigenvalue weighted by Gasteiger charge is 2.27. The van der Waals surface area contributed by atoms with Crippen LogP contribution in [-0.2, 0) is 31.4 Å². The second kappa shape index (κ2) is 12.0.